The number of ether oxygens (including phenoxy) is 1. The number of nitrogens with one attached hydrogen (secondary N) is 1. The first-order valence-electron chi connectivity index (χ1n) is 9.01. The molecule has 0 spiro atoms. The molecule has 2 aromatic rings. The smallest absolute Gasteiger partial charge is 0.314 e. The van der Waals surface area contributed by atoms with Crippen LogP contribution in [-0.4, -0.2) is 18.5 Å². The monoisotopic (exact) mass is 353 g/mol. The molecule has 0 aromatic heterocycles. The van der Waals surface area contributed by atoms with Crippen LogP contribution in [0, 0.1) is 19.8 Å². The Bertz CT molecular complexity index is 755. The zero-order chi connectivity index (χ0) is 19.1. The highest BCUT2D eigenvalue weighted by molar-refractivity contribution is 5.94. The van der Waals surface area contributed by atoms with Gasteiger partial charge in [-0.25, -0.2) is 0 Å². The third-order valence-electron chi connectivity index (χ3n) is 4.64. The first-order chi connectivity index (χ1) is 12.4. The van der Waals surface area contributed by atoms with Crippen molar-refractivity contribution in [1.29, 1.82) is 0 Å². The molecule has 0 aliphatic rings. The van der Waals surface area contributed by atoms with Gasteiger partial charge in [-0.2, -0.15) is 0 Å². The fourth-order valence-electron chi connectivity index (χ4n) is 2.88. The van der Waals surface area contributed by atoms with E-state index in [9.17, 15) is 9.59 Å². The molecule has 1 N–H and O–H groups in total. The number of amides is 1. The molecule has 4 nitrogen and oxygen atoms in total. The third kappa shape index (κ3) is 5.19. The molecule has 138 valence electrons. The summed E-state index contributed by atoms with van der Waals surface area (Å²) in [5.74, 6) is -0.925. The minimum Gasteiger partial charge on any atom is -0.455 e. The number of hydrogen-bond donors (Lipinski definition) is 1. The third-order valence-corrected chi connectivity index (χ3v) is 4.64. The van der Waals surface area contributed by atoms with E-state index in [1.807, 2.05) is 76.2 Å². The summed E-state index contributed by atoms with van der Waals surface area (Å²) in [4.78, 5) is 24.8. The molecule has 0 unspecified atom stereocenters. The van der Waals surface area contributed by atoms with Gasteiger partial charge in [0.15, 0.2) is 6.61 Å². The Morgan fingerprint density at radius 2 is 1.77 bits per heavy atom. The summed E-state index contributed by atoms with van der Waals surface area (Å²) in [7, 11) is 0. The fraction of sp³-hybridized carbons (Fsp3) is 0.364. The summed E-state index contributed by atoms with van der Waals surface area (Å²) in [6.07, 6.45) is 0.851. The summed E-state index contributed by atoms with van der Waals surface area (Å²) < 4.78 is 5.33. The lowest BCUT2D eigenvalue weighted by Gasteiger charge is -2.21. The van der Waals surface area contributed by atoms with Gasteiger partial charge in [0.2, 0.25) is 0 Å². The van der Waals surface area contributed by atoms with Crippen LogP contribution in [0.15, 0.2) is 48.5 Å². The first kappa shape index (κ1) is 19.7. The van der Waals surface area contributed by atoms with E-state index in [1.54, 1.807) is 0 Å². The number of aryl methyl sites for hydroxylation is 2. The molecule has 2 aromatic carbocycles. The molecule has 4 heteroatoms. The Hall–Kier alpha value is -2.62. The van der Waals surface area contributed by atoms with E-state index in [2.05, 4.69) is 5.32 Å². The highest BCUT2D eigenvalue weighted by atomic mass is 16.5. The van der Waals surface area contributed by atoms with Gasteiger partial charge >= 0.3 is 5.97 Å². The van der Waals surface area contributed by atoms with Crippen LogP contribution in [0.25, 0.3) is 0 Å². The topological polar surface area (TPSA) is 55.4 Å². The lowest BCUT2D eigenvalue weighted by atomic mass is 9.86. The lowest BCUT2D eigenvalue weighted by molar-refractivity contribution is -0.150. The van der Waals surface area contributed by atoms with E-state index in [-0.39, 0.29) is 30.3 Å². The molecule has 2 atom stereocenters. The Labute approximate surface area is 155 Å². The van der Waals surface area contributed by atoms with Crippen LogP contribution < -0.4 is 5.32 Å². The minimum atomic E-state index is -0.366. The van der Waals surface area contributed by atoms with E-state index in [4.69, 9.17) is 4.74 Å². The fourth-order valence-corrected chi connectivity index (χ4v) is 2.88. The van der Waals surface area contributed by atoms with Gasteiger partial charge < -0.3 is 10.1 Å². The van der Waals surface area contributed by atoms with E-state index in [0.717, 1.165) is 28.8 Å². The second-order valence-corrected chi connectivity index (χ2v) is 6.75. The molecule has 0 bridgehead atoms. The Morgan fingerprint density at radius 1 is 1.08 bits per heavy atom. The maximum absolute atomic E-state index is 12.6. The number of benzene rings is 2. The molecule has 0 saturated heterocycles. The van der Waals surface area contributed by atoms with E-state index < -0.39 is 0 Å². The Morgan fingerprint density at radius 3 is 2.42 bits per heavy atom. The molecule has 0 fully saturated rings. The van der Waals surface area contributed by atoms with Crippen LogP contribution in [0.2, 0.25) is 0 Å². The molecular weight excluding hydrogens is 326 g/mol. The van der Waals surface area contributed by atoms with Crippen molar-refractivity contribution in [3.05, 3.63) is 65.2 Å². The average molecular weight is 353 g/mol. The van der Waals surface area contributed by atoms with Gasteiger partial charge in [0.25, 0.3) is 5.91 Å². The number of anilines is 1. The van der Waals surface area contributed by atoms with E-state index >= 15 is 0 Å². The maximum atomic E-state index is 12.6. The van der Waals surface area contributed by atoms with Crippen LogP contribution in [0.5, 0.6) is 0 Å². The predicted molar refractivity (Wildman–Crippen MR) is 104 cm³/mol. The number of carbonyl (C=O) groups is 2. The average Bonchev–Trinajstić information content (AvgIpc) is 2.64. The molecule has 2 rings (SSSR count). The van der Waals surface area contributed by atoms with Gasteiger partial charge in [-0.3, -0.25) is 9.59 Å². The number of esters is 1. The first-order valence-corrected chi connectivity index (χ1v) is 9.01. The standard InChI is InChI=1S/C22H27NO3/c1-5-16(3)21(18-9-7-6-8-10-18)22(25)26-14-20(24)23-19-13-15(2)11-12-17(19)4/h6-13,16,21H,5,14H2,1-4H3,(H,23,24)/t16-,21+/m1/s1. The molecule has 1 amide bonds. The van der Waals surface area contributed by atoms with Gasteiger partial charge in [-0.15, -0.1) is 0 Å². The summed E-state index contributed by atoms with van der Waals surface area (Å²) >= 11 is 0. The molecular formula is C22H27NO3. The van der Waals surface area contributed by atoms with Gasteiger partial charge in [0, 0.05) is 5.69 Å². The van der Waals surface area contributed by atoms with Crippen LogP contribution in [-0.2, 0) is 14.3 Å². The van der Waals surface area contributed by atoms with E-state index in [0.29, 0.717) is 0 Å². The zero-order valence-electron chi connectivity index (χ0n) is 15.9. The molecule has 0 aliphatic carbocycles. The molecule has 0 aliphatic heterocycles. The van der Waals surface area contributed by atoms with Gasteiger partial charge in [-0.05, 0) is 42.5 Å². The van der Waals surface area contributed by atoms with Crippen molar-refractivity contribution in [2.24, 2.45) is 5.92 Å². The van der Waals surface area contributed by atoms with Crippen LogP contribution in [0.3, 0.4) is 0 Å². The van der Waals surface area contributed by atoms with Crippen molar-refractivity contribution in [3.8, 4) is 0 Å². The highest BCUT2D eigenvalue weighted by Crippen LogP contribution is 2.28. The summed E-state index contributed by atoms with van der Waals surface area (Å²) in [5.41, 5.74) is 3.69. The summed E-state index contributed by atoms with van der Waals surface area (Å²) in [6.45, 7) is 7.67. The Kier molecular flexibility index (Phi) is 6.96. The largest absolute Gasteiger partial charge is 0.455 e. The van der Waals surface area contributed by atoms with Crippen molar-refractivity contribution in [2.45, 2.75) is 40.0 Å². The quantitative estimate of drug-likeness (QED) is 0.739. The van der Waals surface area contributed by atoms with Gasteiger partial charge in [0.05, 0.1) is 5.92 Å². The van der Waals surface area contributed by atoms with Crippen molar-refractivity contribution in [2.75, 3.05) is 11.9 Å². The number of hydrogen-bond acceptors (Lipinski definition) is 3. The molecule has 0 heterocycles. The normalized spacial score (nSPS) is 12.9. The summed E-state index contributed by atoms with van der Waals surface area (Å²) in [5, 5.41) is 2.81. The van der Waals surface area contributed by atoms with Crippen LogP contribution in [0.4, 0.5) is 5.69 Å². The second-order valence-electron chi connectivity index (χ2n) is 6.75. The van der Waals surface area contributed by atoms with Crippen LogP contribution >= 0.6 is 0 Å². The highest BCUT2D eigenvalue weighted by Gasteiger charge is 2.27. The van der Waals surface area contributed by atoms with Crippen molar-refractivity contribution in [1.82, 2.24) is 0 Å². The van der Waals surface area contributed by atoms with Crippen molar-refractivity contribution < 1.29 is 14.3 Å². The predicted octanol–water partition coefficient (Wildman–Crippen LogP) is 4.62. The van der Waals surface area contributed by atoms with Gasteiger partial charge in [0.1, 0.15) is 0 Å². The molecule has 0 radical (unpaired) electrons. The number of carbonyl (C=O) groups excluding carboxylic acids is 2. The summed E-state index contributed by atoms with van der Waals surface area (Å²) in [6, 6.07) is 15.4. The number of rotatable bonds is 7. The SMILES string of the molecule is CC[C@@H](C)[C@H](C(=O)OCC(=O)Nc1cc(C)ccc1C)c1ccccc1. The molecule has 0 saturated carbocycles. The minimum absolute atomic E-state index is 0.131. The van der Waals surface area contributed by atoms with Crippen LogP contribution in [0.1, 0.15) is 42.9 Å². The molecule has 26 heavy (non-hydrogen) atoms. The second kappa shape index (κ2) is 9.18. The van der Waals surface area contributed by atoms with Gasteiger partial charge in [-0.1, -0.05) is 62.7 Å². The van der Waals surface area contributed by atoms with E-state index in [1.165, 1.54) is 0 Å². The maximum Gasteiger partial charge on any atom is 0.314 e. The van der Waals surface area contributed by atoms with Crippen molar-refractivity contribution in [3.63, 3.8) is 0 Å². The zero-order valence-corrected chi connectivity index (χ0v) is 15.9. The lowest BCUT2D eigenvalue weighted by Crippen LogP contribution is -2.27. The van der Waals surface area contributed by atoms with Crippen molar-refractivity contribution >= 4 is 17.6 Å². The Balaban J connectivity index is 2.01.